The second kappa shape index (κ2) is 4.70. The van der Waals surface area contributed by atoms with Gasteiger partial charge in [-0.2, -0.15) is 0 Å². The maximum Gasteiger partial charge on any atom is 0.190 e. The fourth-order valence-corrected chi connectivity index (χ4v) is 4.08. The highest BCUT2D eigenvalue weighted by molar-refractivity contribution is 7.24. The van der Waals surface area contributed by atoms with Gasteiger partial charge in [0.2, 0.25) is 0 Å². The van der Waals surface area contributed by atoms with Gasteiger partial charge in [0.05, 0.1) is 19.9 Å². The molecule has 0 unspecified atom stereocenters. The second-order valence-electron chi connectivity index (χ2n) is 4.22. The lowest BCUT2D eigenvalue weighted by Gasteiger charge is -1.93. The number of halogens is 1. The summed E-state index contributed by atoms with van der Waals surface area (Å²) in [6, 6.07) is 13.9. The molecule has 2 heterocycles. The van der Waals surface area contributed by atoms with Crippen LogP contribution in [0.2, 0.25) is 5.02 Å². The maximum absolute atomic E-state index is 6.14. The van der Waals surface area contributed by atoms with Gasteiger partial charge in [0.15, 0.2) is 10.3 Å². The number of hydrogen-bond donors (Lipinski definition) is 1. The number of benzene rings is 2. The second-order valence-corrected chi connectivity index (χ2v) is 6.69. The van der Waals surface area contributed by atoms with Gasteiger partial charge in [-0.15, -0.1) is 0 Å². The summed E-state index contributed by atoms with van der Waals surface area (Å²) < 4.78 is 2.23. The lowest BCUT2D eigenvalue weighted by atomic mass is 10.3. The van der Waals surface area contributed by atoms with E-state index in [0.717, 1.165) is 30.7 Å². The van der Waals surface area contributed by atoms with Gasteiger partial charge in [-0.25, -0.2) is 9.97 Å². The Labute approximate surface area is 127 Å². The van der Waals surface area contributed by atoms with E-state index in [1.54, 1.807) is 22.7 Å². The van der Waals surface area contributed by atoms with Crippen LogP contribution in [0.15, 0.2) is 42.5 Å². The van der Waals surface area contributed by atoms with Gasteiger partial charge in [0.25, 0.3) is 0 Å². The molecule has 0 aliphatic rings. The zero-order chi connectivity index (χ0) is 13.5. The van der Waals surface area contributed by atoms with Crippen molar-refractivity contribution < 1.29 is 0 Å². The molecular weight excluding hydrogens is 310 g/mol. The van der Waals surface area contributed by atoms with Crippen molar-refractivity contribution in [2.24, 2.45) is 0 Å². The zero-order valence-corrected chi connectivity index (χ0v) is 12.5. The fraction of sp³-hybridized carbons (Fsp3) is 0. The average molecular weight is 318 g/mol. The number of anilines is 2. The summed E-state index contributed by atoms with van der Waals surface area (Å²) in [5.74, 6) is 0. The van der Waals surface area contributed by atoms with Crippen LogP contribution in [0.1, 0.15) is 0 Å². The predicted octanol–water partition coefficient (Wildman–Crippen LogP) is 5.30. The molecule has 2 aromatic heterocycles. The van der Waals surface area contributed by atoms with E-state index in [2.05, 4.69) is 21.4 Å². The first-order chi connectivity index (χ1) is 9.79. The summed E-state index contributed by atoms with van der Waals surface area (Å²) in [5.41, 5.74) is 1.84. The highest BCUT2D eigenvalue weighted by atomic mass is 35.5. The van der Waals surface area contributed by atoms with Crippen molar-refractivity contribution in [3.8, 4) is 0 Å². The third-order valence-electron chi connectivity index (χ3n) is 2.88. The zero-order valence-electron chi connectivity index (χ0n) is 10.1. The molecule has 0 saturated heterocycles. The van der Waals surface area contributed by atoms with Crippen LogP contribution in [-0.2, 0) is 0 Å². The highest BCUT2D eigenvalue weighted by Gasteiger charge is 2.09. The number of fused-ring (bicyclic) bond motifs is 2. The topological polar surface area (TPSA) is 37.8 Å². The van der Waals surface area contributed by atoms with Crippen LogP contribution in [0.4, 0.5) is 10.3 Å². The molecule has 0 bridgehead atoms. The smallest absolute Gasteiger partial charge is 0.190 e. The number of nitrogens with zero attached hydrogens (tertiary/aromatic N) is 2. The Balaban J connectivity index is 1.74. The average Bonchev–Trinajstić information content (AvgIpc) is 3.02. The molecule has 0 aliphatic carbocycles. The Morgan fingerprint density at radius 3 is 2.45 bits per heavy atom. The van der Waals surface area contributed by atoms with Crippen molar-refractivity contribution in [3.63, 3.8) is 0 Å². The molecule has 3 nitrogen and oxygen atoms in total. The first-order valence-electron chi connectivity index (χ1n) is 5.97. The molecule has 98 valence electrons. The summed E-state index contributed by atoms with van der Waals surface area (Å²) in [6.45, 7) is 0. The van der Waals surface area contributed by atoms with Crippen LogP contribution in [0.3, 0.4) is 0 Å². The van der Waals surface area contributed by atoms with Crippen molar-refractivity contribution in [1.29, 1.82) is 0 Å². The van der Waals surface area contributed by atoms with Crippen molar-refractivity contribution >= 4 is 65.0 Å². The molecule has 20 heavy (non-hydrogen) atoms. The minimum absolute atomic E-state index is 0.677. The molecule has 1 N–H and O–H groups in total. The van der Waals surface area contributed by atoms with Gasteiger partial charge < -0.3 is 5.32 Å². The lowest BCUT2D eigenvalue weighted by Crippen LogP contribution is -1.87. The van der Waals surface area contributed by atoms with Crippen LogP contribution in [0, 0.1) is 0 Å². The Kier molecular flexibility index (Phi) is 2.84. The number of rotatable bonds is 2. The summed E-state index contributed by atoms with van der Waals surface area (Å²) >= 11 is 9.33. The van der Waals surface area contributed by atoms with Crippen molar-refractivity contribution in [1.82, 2.24) is 9.97 Å². The first-order valence-corrected chi connectivity index (χ1v) is 7.98. The standard InChI is InChI=1S/C14H8ClN3S2/c15-8-4-3-7-11-12(8)17-14(20-11)18-13-16-9-5-1-2-6-10(9)19-13/h1-7H,(H,16,17,18). The van der Waals surface area contributed by atoms with E-state index >= 15 is 0 Å². The quantitative estimate of drug-likeness (QED) is 0.545. The third-order valence-corrected chi connectivity index (χ3v) is 5.07. The van der Waals surface area contributed by atoms with Crippen LogP contribution in [0.25, 0.3) is 20.4 Å². The lowest BCUT2D eigenvalue weighted by molar-refractivity contribution is 1.40. The fourth-order valence-electron chi connectivity index (χ4n) is 1.99. The molecule has 0 spiro atoms. The van der Waals surface area contributed by atoms with E-state index < -0.39 is 0 Å². The van der Waals surface area contributed by atoms with E-state index in [1.165, 1.54) is 0 Å². The Morgan fingerprint density at radius 2 is 1.60 bits per heavy atom. The molecule has 4 rings (SSSR count). The molecule has 0 atom stereocenters. The van der Waals surface area contributed by atoms with E-state index in [9.17, 15) is 0 Å². The number of thiazole rings is 2. The summed E-state index contributed by atoms with van der Waals surface area (Å²) in [6.07, 6.45) is 0. The molecule has 0 fully saturated rings. The normalized spacial score (nSPS) is 11.2. The minimum Gasteiger partial charge on any atom is -0.307 e. The summed E-state index contributed by atoms with van der Waals surface area (Å²) in [7, 11) is 0. The van der Waals surface area contributed by atoms with Crippen LogP contribution < -0.4 is 5.32 Å². The molecule has 0 saturated carbocycles. The largest absolute Gasteiger partial charge is 0.307 e. The SMILES string of the molecule is Clc1cccc2sc(Nc3nc4ccccc4s3)nc12. The predicted molar refractivity (Wildman–Crippen MR) is 87.5 cm³/mol. The van der Waals surface area contributed by atoms with E-state index in [0.29, 0.717) is 5.02 Å². The van der Waals surface area contributed by atoms with Gasteiger partial charge in [-0.3, -0.25) is 0 Å². The molecule has 6 heteroatoms. The van der Waals surface area contributed by atoms with Crippen molar-refractivity contribution in [2.75, 3.05) is 5.32 Å². The maximum atomic E-state index is 6.14. The monoisotopic (exact) mass is 317 g/mol. The summed E-state index contributed by atoms with van der Waals surface area (Å²) in [4.78, 5) is 9.06. The van der Waals surface area contributed by atoms with Crippen LogP contribution in [0.5, 0.6) is 0 Å². The minimum atomic E-state index is 0.677. The Morgan fingerprint density at radius 1 is 0.850 bits per heavy atom. The van der Waals surface area contributed by atoms with Crippen LogP contribution >= 0.6 is 34.3 Å². The van der Waals surface area contributed by atoms with Crippen molar-refractivity contribution in [3.05, 3.63) is 47.5 Å². The Bertz CT molecular complexity index is 880. The van der Waals surface area contributed by atoms with Gasteiger partial charge >= 0.3 is 0 Å². The molecular formula is C14H8ClN3S2. The van der Waals surface area contributed by atoms with E-state index in [4.69, 9.17) is 11.6 Å². The van der Waals surface area contributed by atoms with Gasteiger partial charge in [0.1, 0.15) is 5.52 Å². The van der Waals surface area contributed by atoms with E-state index in [1.807, 2.05) is 36.4 Å². The molecule has 0 amide bonds. The highest BCUT2D eigenvalue weighted by Crippen LogP contribution is 2.34. The molecule has 0 radical (unpaired) electrons. The molecule has 0 aliphatic heterocycles. The van der Waals surface area contributed by atoms with Crippen molar-refractivity contribution in [2.45, 2.75) is 0 Å². The van der Waals surface area contributed by atoms with E-state index in [-0.39, 0.29) is 0 Å². The van der Waals surface area contributed by atoms with Gasteiger partial charge in [0, 0.05) is 0 Å². The van der Waals surface area contributed by atoms with Gasteiger partial charge in [-0.1, -0.05) is 52.5 Å². The first kappa shape index (κ1) is 12.1. The summed E-state index contributed by atoms with van der Waals surface area (Å²) in [5, 5.41) is 5.60. The molecule has 4 aromatic rings. The number of hydrogen-bond acceptors (Lipinski definition) is 5. The number of nitrogens with one attached hydrogen (secondary N) is 1. The van der Waals surface area contributed by atoms with Crippen LogP contribution in [-0.4, -0.2) is 9.97 Å². The van der Waals surface area contributed by atoms with Gasteiger partial charge in [-0.05, 0) is 24.3 Å². The number of aromatic nitrogens is 2. The Hall–Kier alpha value is -1.69. The number of para-hydroxylation sites is 2. The third kappa shape index (κ3) is 2.04. The molecule has 2 aromatic carbocycles.